The van der Waals surface area contributed by atoms with Crippen LogP contribution in [0.3, 0.4) is 0 Å². The molecule has 1 aliphatic heterocycles. The van der Waals surface area contributed by atoms with Gasteiger partial charge in [0.2, 0.25) is 0 Å². The number of Topliss-reactive ketones (excluding diaryl/α,β-unsaturated/α-hetero) is 1. The average Bonchev–Trinajstić information content (AvgIpc) is 2.73. The molecule has 0 saturated carbocycles. The van der Waals surface area contributed by atoms with Crippen LogP contribution in [-0.4, -0.2) is 49.0 Å². The van der Waals surface area contributed by atoms with Gasteiger partial charge in [0.25, 0.3) is 0 Å². The maximum absolute atomic E-state index is 13.7. The van der Waals surface area contributed by atoms with Gasteiger partial charge in [-0.3, -0.25) is 8.82 Å². The first kappa shape index (κ1) is 28.7. The summed E-state index contributed by atoms with van der Waals surface area (Å²) in [6, 6.07) is 4.11. The van der Waals surface area contributed by atoms with Gasteiger partial charge in [-0.1, -0.05) is 26.7 Å². The predicted molar refractivity (Wildman–Crippen MR) is 154 cm³/mol. The fourth-order valence-corrected chi connectivity index (χ4v) is 11.2. The molecule has 1 unspecified atom stereocenters. The number of rotatable bonds is 4. The standard InChI is InChI=1S/C29H44N2O3SSi/c1-11-12-23-17-21(2)26(22(3)18-23)27-24(32)19-29(20-25(27)34-7)13-15-31(16-14-29)35(8,33)30-36(9,10)28(4,5)6/h17-18H,13-16,19-20H2,1-10H3. The van der Waals surface area contributed by atoms with Gasteiger partial charge in [-0.2, -0.15) is 0 Å². The van der Waals surface area contributed by atoms with E-state index in [1.807, 2.05) is 20.8 Å². The van der Waals surface area contributed by atoms with Crippen molar-refractivity contribution >= 4 is 29.5 Å². The molecule has 1 aromatic carbocycles. The van der Waals surface area contributed by atoms with E-state index in [1.165, 1.54) is 0 Å². The van der Waals surface area contributed by atoms with E-state index in [0.717, 1.165) is 52.8 Å². The third-order valence-corrected chi connectivity index (χ3v) is 16.6. The summed E-state index contributed by atoms with van der Waals surface area (Å²) in [6.07, 6.45) is 4.68. The number of methoxy groups -OCH3 is 1. The molecule has 198 valence electrons. The van der Waals surface area contributed by atoms with Gasteiger partial charge < -0.3 is 4.74 Å². The highest BCUT2D eigenvalue weighted by molar-refractivity contribution is 7.91. The van der Waals surface area contributed by atoms with Crippen molar-refractivity contribution in [3.8, 4) is 11.8 Å². The number of carbonyl (C=O) groups excluding carboxylic acids is 1. The maximum atomic E-state index is 13.7. The first-order chi connectivity index (χ1) is 16.6. The van der Waals surface area contributed by atoms with Gasteiger partial charge in [0, 0.05) is 37.8 Å². The molecule has 36 heavy (non-hydrogen) atoms. The smallest absolute Gasteiger partial charge is 0.194 e. The van der Waals surface area contributed by atoms with E-state index in [1.54, 1.807) is 13.4 Å². The monoisotopic (exact) mass is 528 g/mol. The minimum absolute atomic E-state index is 0.0462. The Bertz CT molecular complexity index is 1240. The van der Waals surface area contributed by atoms with Gasteiger partial charge in [-0.25, -0.2) is 8.51 Å². The summed E-state index contributed by atoms with van der Waals surface area (Å²) < 4.78 is 26.7. The maximum Gasteiger partial charge on any atom is 0.194 e. The average molecular weight is 529 g/mol. The van der Waals surface area contributed by atoms with Crippen molar-refractivity contribution in [3.05, 3.63) is 40.1 Å². The number of aryl methyl sites for hydroxylation is 2. The van der Waals surface area contributed by atoms with E-state index in [4.69, 9.17) is 8.77 Å². The van der Waals surface area contributed by atoms with Crippen molar-refractivity contribution in [1.82, 2.24) is 4.31 Å². The third kappa shape index (κ3) is 5.66. The lowest BCUT2D eigenvalue weighted by atomic mass is 9.66. The highest BCUT2D eigenvalue weighted by Crippen LogP contribution is 2.49. The quantitative estimate of drug-likeness (QED) is 0.331. The molecule has 1 aromatic rings. The molecule has 1 saturated heterocycles. The van der Waals surface area contributed by atoms with Crippen LogP contribution in [0.5, 0.6) is 0 Å². The van der Waals surface area contributed by atoms with Crippen molar-refractivity contribution in [3.63, 3.8) is 0 Å². The van der Waals surface area contributed by atoms with Crippen LogP contribution in [0.2, 0.25) is 18.1 Å². The van der Waals surface area contributed by atoms with E-state index in [0.29, 0.717) is 19.5 Å². The highest BCUT2D eigenvalue weighted by Gasteiger charge is 2.45. The number of hydrogen-bond acceptors (Lipinski definition) is 4. The Kier molecular flexibility index (Phi) is 8.06. The van der Waals surface area contributed by atoms with E-state index < -0.39 is 18.2 Å². The SMILES string of the molecule is CC#Cc1cc(C)c(C2=C(OC)CC3(CCN(S(C)(=O)=N[Si](C)(C)C(C)(C)C)CC3)CC2=O)c(C)c1. The normalized spacial score (nSPS) is 20.6. The van der Waals surface area contributed by atoms with Gasteiger partial charge in [-0.15, -0.1) is 5.92 Å². The molecular formula is C29H44N2O3SSi. The van der Waals surface area contributed by atoms with E-state index in [2.05, 4.69) is 62.1 Å². The second-order valence-corrected chi connectivity index (χ2v) is 19.6. The van der Waals surface area contributed by atoms with E-state index in [-0.39, 0.29) is 16.2 Å². The number of nitrogens with zero attached hydrogens (tertiary/aromatic N) is 2. The van der Waals surface area contributed by atoms with Crippen LogP contribution in [0.25, 0.3) is 5.57 Å². The Morgan fingerprint density at radius 1 is 1.11 bits per heavy atom. The van der Waals surface area contributed by atoms with Crippen LogP contribution >= 0.6 is 0 Å². The Balaban J connectivity index is 1.90. The second kappa shape index (κ2) is 10.1. The molecule has 2 aliphatic rings. The molecule has 0 bridgehead atoms. The number of hydrogen-bond donors (Lipinski definition) is 0. The molecular weight excluding hydrogens is 484 g/mol. The third-order valence-electron chi connectivity index (χ3n) is 8.42. The summed E-state index contributed by atoms with van der Waals surface area (Å²) in [5.41, 5.74) is 4.63. The lowest BCUT2D eigenvalue weighted by Gasteiger charge is -2.45. The Morgan fingerprint density at radius 2 is 1.67 bits per heavy atom. The molecule has 1 atom stereocenters. The number of benzene rings is 1. The topological polar surface area (TPSA) is 59.0 Å². The number of piperidine rings is 1. The van der Waals surface area contributed by atoms with Crippen LogP contribution in [-0.2, 0) is 19.4 Å². The molecule has 3 rings (SSSR count). The van der Waals surface area contributed by atoms with Crippen molar-refractivity contribution in [2.24, 2.45) is 9.44 Å². The zero-order chi connectivity index (χ0) is 27.1. The summed E-state index contributed by atoms with van der Waals surface area (Å²) in [5.74, 6) is 7.01. The van der Waals surface area contributed by atoms with E-state index in [9.17, 15) is 9.00 Å². The minimum Gasteiger partial charge on any atom is -0.500 e. The summed E-state index contributed by atoms with van der Waals surface area (Å²) in [6.45, 7) is 18.3. The zero-order valence-electron chi connectivity index (χ0n) is 23.9. The van der Waals surface area contributed by atoms with E-state index >= 15 is 0 Å². The molecule has 1 heterocycles. The largest absolute Gasteiger partial charge is 0.500 e. The molecule has 1 fully saturated rings. The number of ketones is 1. The van der Waals surface area contributed by atoms with Crippen LogP contribution in [0.4, 0.5) is 0 Å². The summed E-state index contributed by atoms with van der Waals surface area (Å²) in [5, 5.41) is 0.0462. The van der Waals surface area contributed by atoms with Crippen molar-refractivity contribution in [1.29, 1.82) is 0 Å². The minimum atomic E-state index is -2.46. The van der Waals surface area contributed by atoms with Gasteiger partial charge >= 0.3 is 0 Å². The molecule has 1 spiro atoms. The zero-order valence-corrected chi connectivity index (χ0v) is 25.7. The van der Waals surface area contributed by atoms with Crippen LogP contribution in [0.1, 0.15) is 75.6 Å². The molecule has 0 amide bonds. The van der Waals surface area contributed by atoms with Crippen molar-refractivity contribution in [2.45, 2.75) is 85.4 Å². The molecule has 7 heteroatoms. The Morgan fingerprint density at radius 3 is 2.14 bits per heavy atom. The van der Waals surface area contributed by atoms with Crippen LogP contribution in [0.15, 0.2) is 21.9 Å². The van der Waals surface area contributed by atoms with Gasteiger partial charge in [0.05, 0.1) is 22.6 Å². The molecule has 0 N–H and O–H groups in total. The Hall–Kier alpha value is -1.88. The van der Waals surface area contributed by atoms with Gasteiger partial charge in [0.1, 0.15) is 5.76 Å². The van der Waals surface area contributed by atoms with Gasteiger partial charge in [0.15, 0.2) is 14.0 Å². The summed E-state index contributed by atoms with van der Waals surface area (Å²) in [4.78, 5) is 13.7. The molecule has 1 aliphatic carbocycles. The Labute approximate surface area is 220 Å². The highest BCUT2D eigenvalue weighted by atomic mass is 32.2. The number of ether oxygens (including phenoxy) is 1. The molecule has 0 radical (unpaired) electrons. The second-order valence-electron chi connectivity index (χ2n) is 12.2. The van der Waals surface area contributed by atoms with Crippen LogP contribution < -0.4 is 0 Å². The number of carbonyl (C=O) groups is 1. The first-order valence-electron chi connectivity index (χ1n) is 12.9. The predicted octanol–water partition coefficient (Wildman–Crippen LogP) is 6.50. The lowest BCUT2D eigenvalue weighted by Crippen LogP contribution is -2.46. The lowest BCUT2D eigenvalue weighted by molar-refractivity contribution is -0.117. The summed E-state index contributed by atoms with van der Waals surface area (Å²) in [7, 11) is -2.83. The van der Waals surface area contributed by atoms with Crippen molar-refractivity contribution in [2.75, 3.05) is 26.5 Å². The van der Waals surface area contributed by atoms with Gasteiger partial charge in [-0.05, 0) is 86.0 Å². The fourth-order valence-electron chi connectivity index (χ4n) is 5.37. The van der Waals surface area contributed by atoms with Crippen molar-refractivity contribution < 1.29 is 13.7 Å². The first-order valence-corrected chi connectivity index (χ1v) is 17.7. The molecule has 0 aromatic heterocycles. The molecule has 5 nitrogen and oxygen atoms in total. The summed E-state index contributed by atoms with van der Waals surface area (Å²) >= 11 is 0. The van der Waals surface area contributed by atoms with Crippen LogP contribution in [0, 0.1) is 31.1 Å². The fraction of sp³-hybridized carbons (Fsp3) is 0.621. The number of allylic oxidation sites excluding steroid dienone is 2.